The van der Waals surface area contributed by atoms with Crippen molar-refractivity contribution in [2.75, 3.05) is 6.61 Å². The van der Waals surface area contributed by atoms with Gasteiger partial charge in [0.25, 0.3) is 5.91 Å². The Balaban J connectivity index is 2.18. The van der Waals surface area contributed by atoms with E-state index in [2.05, 4.69) is 24.1 Å². The predicted molar refractivity (Wildman–Crippen MR) is 81.4 cm³/mol. The largest absolute Gasteiger partial charge is 0.394 e. The van der Waals surface area contributed by atoms with Crippen molar-refractivity contribution in [3.8, 4) is 0 Å². The second kappa shape index (κ2) is 6.43. The molecule has 5 heteroatoms. The molecule has 1 aliphatic rings. The Labute approximate surface area is 124 Å². The maximum Gasteiger partial charge on any atom is 0.252 e. The van der Waals surface area contributed by atoms with Gasteiger partial charge >= 0.3 is 0 Å². The van der Waals surface area contributed by atoms with E-state index < -0.39 is 5.54 Å². The Morgan fingerprint density at radius 3 is 2.62 bits per heavy atom. The molecule has 1 heterocycles. The molecule has 1 fully saturated rings. The number of pyridine rings is 1. The summed E-state index contributed by atoms with van der Waals surface area (Å²) in [5, 5.41) is 12.5. The van der Waals surface area contributed by atoms with Crippen LogP contribution >= 0.6 is 0 Å². The molecule has 1 aromatic heterocycles. The van der Waals surface area contributed by atoms with Gasteiger partial charge in [0.2, 0.25) is 5.56 Å². The van der Waals surface area contributed by atoms with E-state index in [0.29, 0.717) is 11.5 Å². The molecule has 1 aliphatic carbocycles. The van der Waals surface area contributed by atoms with Gasteiger partial charge in [-0.15, -0.1) is 0 Å². The highest BCUT2D eigenvalue weighted by Gasteiger charge is 2.34. The third kappa shape index (κ3) is 3.94. The summed E-state index contributed by atoms with van der Waals surface area (Å²) in [4.78, 5) is 26.8. The highest BCUT2D eigenvalue weighted by Crippen LogP contribution is 2.29. The van der Waals surface area contributed by atoms with Crippen LogP contribution in [0.3, 0.4) is 0 Å². The molecule has 21 heavy (non-hydrogen) atoms. The summed E-state index contributed by atoms with van der Waals surface area (Å²) in [5.41, 5.74) is 0.363. The van der Waals surface area contributed by atoms with Gasteiger partial charge in [0.1, 0.15) is 0 Å². The summed E-state index contributed by atoms with van der Waals surface area (Å²) in [6.07, 6.45) is 4.32. The first-order chi connectivity index (χ1) is 9.94. The number of rotatable bonds is 5. The summed E-state index contributed by atoms with van der Waals surface area (Å²) < 4.78 is 0. The molecule has 116 valence electrons. The van der Waals surface area contributed by atoms with Gasteiger partial charge in [-0.3, -0.25) is 9.59 Å². The summed E-state index contributed by atoms with van der Waals surface area (Å²) in [7, 11) is 0. The Hall–Kier alpha value is -1.62. The van der Waals surface area contributed by atoms with Gasteiger partial charge in [-0.1, -0.05) is 26.7 Å². The van der Waals surface area contributed by atoms with Crippen LogP contribution in [0, 0.1) is 5.92 Å². The van der Waals surface area contributed by atoms with Crippen LogP contribution in [0.1, 0.15) is 55.6 Å². The van der Waals surface area contributed by atoms with Gasteiger partial charge in [0, 0.05) is 17.3 Å². The fraction of sp³-hybridized carbons (Fsp3) is 0.625. The van der Waals surface area contributed by atoms with Crippen LogP contribution in [0.2, 0.25) is 0 Å². The summed E-state index contributed by atoms with van der Waals surface area (Å²) in [6, 6.07) is 3.05. The molecule has 0 aromatic carbocycles. The van der Waals surface area contributed by atoms with Gasteiger partial charge in [0.15, 0.2) is 0 Å². The summed E-state index contributed by atoms with van der Waals surface area (Å²) >= 11 is 0. The second-order valence-corrected chi connectivity index (χ2v) is 6.46. The van der Waals surface area contributed by atoms with Crippen molar-refractivity contribution < 1.29 is 9.90 Å². The van der Waals surface area contributed by atoms with E-state index in [1.54, 1.807) is 6.07 Å². The SMILES string of the molecule is CC(C)Cc1cc(C(=O)NC2(CO)CCCC2)cc(=O)[nH]1. The lowest BCUT2D eigenvalue weighted by molar-refractivity contribution is 0.0838. The predicted octanol–water partition coefficient (Wildman–Crippen LogP) is 1.61. The van der Waals surface area contributed by atoms with Gasteiger partial charge in [-0.2, -0.15) is 0 Å². The zero-order valence-electron chi connectivity index (χ0n) is 12.7. The van der Waals surface area contributed by atoms with E-state index >= 15 is 0 Å². The smallest absolute Gasteiger partial charge is 0.252 e. The lowest BCUT2D eigenvalue weighted by atomic mass is 9.98. The number of carbonyl (C=O) groups excluding carboxylic acids is 1. The average Bonchev–Trinajstić information content (AvgIpc) is 2.86. The quantitative estimate of drug-likeness (QED) is 0.771. The number of hydrogen-bond donors (Lipinski definition) is 3. The van der Waals surface area contributed by atoms with E-state index in [4.69, 9.17) is 0 Å². The highest BCUT2D eigenvalue weighted by molar-refractivity contribution is 5.94. The Morgan fingerprint density at radius 1 is 1.38 bits per heavy atom. The van der Waals surface area contributed by atoms with Crippen molar-refractivity contribution in [1.29, 1.82) is 0 Å². The number of H-pyrrole nitrogens is 1. The van der Waals surface area contributed by atoms with Gasteiger partial charge in [-0.25, -0.2) is 0 Å². The Kier molecular flexibility index (Phi) is 4.83. The van der Waals surface area contributed by atoms with Crippen LogP contribution in [0.15, 0.2) is 16.9 Å². The highest BCUT2D eigenvalue weighted by atomic mass is 16.3. The van der Waals surface area contributed by atoms with Gasteiger partial charge < -0.3 is 15.4 Å². The van der Waals surface area contributed by atoms with Crippen LogP contribution in [0.4, 0.5) is 0 Å². The Morgan fingerprint density at radius 2 is 2.05 bits per heavy atom. The second-order valence-electron chi connectivity index (χ2n) is 6.46. The van der Waals surface area contributed by atoms with E-state index in [9.17, 15) is 14.7 Å². The number of aliphatic hydroxyl groups excluding tert-OH is 1. The van der Waals surface area contributed by atoms with Crippen molar-refractivity contribution in [3.63, 3.8) is 0 Å². The first kappa shape index (κ1) is 15.8. The molecule has 1 aromatic rings. The number of aromatic amines is 1. The monoisotopic (exact) mass is 292 g/mol. The van der Waals surface area contributed by atoms with Crippen molar-refractivity contribution in [1.82, 2.24) is 10.3 Å². The molecule has 0 atom stereocenters. The maximum atomic E-state index is 12.4. The number of amides is 1. The van der Waals surface area contributed by atoms with Crippen molar-refractivity contribution in [3.05, 3.63) is 33.7 Å². The fourth-order valence-corrected chi connectivity index (χ4v) is 2.97. The molecule has 5 nitrogen and oxygen atoms in total. The molecular weight excluding hydrogens is 268 g/mol. The molecule has 1 amide bonds. The molecule has 0 saturated heterocycles. The molecule has 3 N–H and O–H groups in total. The van der Waals surface area contributed by atoms with E-state index in [1.807, 2.05) is 0 Å². The first-order valence-electron chi connectivity index (χ1n) is 7.61. The third-order valence-corrected chi connectivity index (χ3v) is 4.03. The molecule has 1 saturated carbocycles. The van der Waals surface area contributed by atoms with E-state index in [-0.39, 0.29) is 18.1 Å². The zero-order chi connectivity index (χ0) is 15.5. The normalized spacial score (nSPS) is 17.1. The van der Waals surface area contributed by atoms with Crippen molar-refractivity contribution in [2.24, 2.45) is 5.92 Å². The Bertz CT molecular complexity index is 557. The molecule has 2 rings (SSSR count). The third-order valence-electron chi connectivity index (χ3n) is 4.03. The van der Waals surface area contributed by atoms with Crippen LogP contribution in [-0.4, -0.2) is 28.1 Å². The lowest BCUT2D eigenvalue weighted by Gasteiger charge is -2.28. The summed E-state index contributed by atoms with van der Waals surface area (Å²) in [6.45, 7) is 4.06. The number of aromatic nitrogens is 1. The molecular formula is C16H24N2O3. The number of aliphatic hydroxyl groups is 1. The minimum absolute atomic E-state index is 0.0548. The number of nitrogens with one attached hydrogen (secondary N) is 2. The number of carbonyl (C=O) groups is 1. The lowest BCUT2D eigenvalue weighted by Crippen LogP contribution is -2.49. The molecule has 0 spiro atoms. The molecule has 0 bridgehead atoms. The standard InChI is InChI=1S/C16H24N2O3/c1-11(2)7-13-8-12(9-14(20)17-13)15(21)18-16(10-19)5-3-4-6-16/h8-9,11,19H,3-7,10H2,1-2H3,(H,17,20)(H,18,21). The average molecular weight is 292 g/mol. The number of hydrogen-bond acceptors (Lipinski definition) is 3. The van der Waals surface area contributed by atoms with E-state index in [0.717, 1.165) is 37.8 Å². The van der Waals surface area contributed by atoms with Crippen LogP contribution in [-0.2, 0) is 6.42 Å². The maximum absolute atomic E-state index is 12.4. The van der Waals surface area contributed by atoms with Crippen molar-refractivity contribution >= 4 is 5.91 Å². The fourth-order valence-electron chi connectivity index (χ4n) is 2.97. The molecule has 0 radical (unpaired) electrons. The van der Waals surface area contributed by atoms with Gasteiger partial charge in [0.05, 0.1) is 12.1 Å². The summed E-state index contributed by atoms with van der Waals surface area (Å²) in [5.74, 6) is 0.125. The van der Waals surface area contributed by atoms with Crippen LogP contribution < -0.4 is 10.9 Å². The van der Waals surface area contributed by atoms with Gasteiger partial charge in [-0.05, 0) is 31.2 Å². The minimum atomic E-state index is -0.516. The van der Waals surface area contributed by atoms with Crippen LogP contribution in [0.25, 0.3) is 0 Å². The molecule has 0 aliphatic heterocycles. The van der Waals surface area contributed by atoms with Crippen molar-refractivity contribution in [2.45, 2.75) is 51.5 Å². The zero-order valence-corrected chi connectivity index (χ0v) is 12.7. The minimum Gasteiger partial charge on any atom is -0.394 e. The first-order valence-corrected chi connectivity index (χ1v) is 7.61. The molecule has 0 unspecified atom stereocenters. The van der Waals surface area contributed by atoms with Crippen LogP contribution in [0.5, 0.6) is 0 Å². The topological polar surface area (TPSA) is 82.2 Å². The van der Waals surface area contributed by atoms with E-state index in [1.165, 1.54) is 6.07 Å².